The van der Waals surface area contributed by atoms with E-state index in [-0.39, 0.29) is 11.6 Å². The second-order valence-corrected chi connectivity index (χ2v) is 7.88. The van der Waals surface area contributed by atoms with E-state index in [9.17, 15) is 4.79 Å². The van der Waals surface area contributed by atoms with Crippen LogP contribution in [0.1, 0.15) is 12.5 Å². The fraction of sp³-hybridized carbons (Fsp3) is 0.148. The van der Waals surface area contributed by atoms with Crippen LogP contribution in [0.2, 0.25) is 0 Å². The van der Waals surface area contributed by atoms with Crippen LogP contribution < -0.4 is 5.69 Å². The molecule has 2 unspecified atom stereocenters. The summed E-state index contributed by atoms with van der Waals surface area (Å²) in [5.41, 5.74) is 5.40. The number of hydrogen-bond acceptors (Lipinski definition) is 1. The number of benzene rings is 3. The van der Waals surface area contributed by atoms with Crippen LogP contribution in [0.15, 0.2) is 108 Å². The Morgan fingerprint density at radius 1 is 0.800 bits per heavy atom. The summed E-state index contributed by atoms with van der Waals surface area (Å²) in [5, 5.41) is 0. The number of fused-ring (bicyclic) bond motifs is 1. The molecular weight excluding hydrogens is 368 g/mol. The second kappa shape index (κ2) is 7.68. The van der Waals surface area contributed by atoms with Crippen molar-refractivity contribution in [3.63, 3.8) is 0 Å². The van der Waals surface area contributed by atoms with Gasteiger partial charge in [-0.2, -0.15) is 0 Å². The van der Waals surface area contributed by atoms with Crippen molar-refractivity contribution < 1.29 is 0 Å². The van der Waals surface area contributed by atoms with Crippen LogP contribution in [0.3, 0.4) is 0 Å². The third-order valence-corrected chi connectivity index (χ3v) is 6.12. The summed E-state index contributed by atoms with van der Waals surface area (Å²) >= 11 is 0. The zero-order valence-corrected chi connectivity index (χ0v) is 17.0. The third-order valence-electron chi connectivity index (χ3n) is 6.12. The molecule has 0 spiro atoms. The highest BCUT2D eigenvalue weighted by Crippen LogP contribution is 2.34. The van der Waals surface area contributed by atoms with E-state index in [0.717, 1.165) is 16.7 Å². The van der Waals surface area contributed by atoms with E-state index in [2.05, 4.69) is 49.4 Å². The molecular formula is C27H24N2O. The maximum absolute atomic E-state index is 13.5. The number of nitrogens with zero attached hydrogens (tertiary/aromatic N) is 2. The molecule has 0 amide bonds. The van der Waals surface area contributed by atoms with Crippen LogP contribution in [-0.2, 0) is 6.54 Å². The Morgan fingerprint density at radius 3 is 2.17 bits per heavy atom. The van der Waals surface area contributed by atoms with Gasteiger partial charge in [0.2, 0.25) is 0 Å². The van der Waals surface area contributed by atoms with E-state index in [0.29, 0.717) is 12.5 Å². The van der Waals surface area contributed by atoms with Crippen molar-refractivity contribution in [2.45, 2.75) is 13.5 Å². The fourth-order valence-electron chi connectivity index (χ4n) is 4.48. The standard InChI is InChI=1S/C27H24N2O/c1-20-22(13-10-16-24(20)21-11-4-2-5-12-21)19-28-25-17-8-9-18-26(25)29(27(28)30)23-14-6-3-7-15-23/h2-18,20,22H,19H2,1H3. The zero-order chi connectivity index (χ0) is 20.5. The summed E-state index contributed by atoms with van der Waals surface area (Å²) in [4.78, 5) is 13.5. The summed E-state index contributed by atoms with van der Waals surface area (Å²) in [5.74, 6) is 0.570. The highest BCUT2D eigenvalue weighted by Gasteiger charge is 2.25. The van der Waals surface area contributed by atoms with Gasteiger partial charge >= 0.3 is 5.69 Å². The molecule has 0 saturated carbocycles. The Bertz CT molecular complexity index is 1290. The molecule has 30 heavy (non-hydrogen) atoms. The number of allylic oxidation sites excluding steroid dienone is 4. The summed E-state index contributed by atoms with van der Waals surface area (Å²) in [6, 6.07) is 28.5. The molecule has 1 aliphatic rings. The van der Waals surface area contributed by atoms with E-state index in [1.165, 1.54) is 11.1 Å². The molecule has 1 heterocycles. The van der Waals surface area contributed by atoms with Crippen molar-refractivity contribution in [1.82, 2.24) is 9.13 Å². The number of para-hydroxylation sites is 3. The fourth-order valence-corrected chi connectivity index (χ4v) is 4.48. The Hall–Kier alpha value is -3.59. The molecule has 0 radical (unpaired) electrons. The molecule has 2 atom stereocenters. The van der Waals surface area contributed by atoms with Crippen LogP contribution in [0.25, 0.3) is 22.3 Å². The largest absolute Gasteiger partial charge is 0.333 e. The predicted molar refractivity (Wildman–Crippen MR) is 124 cm³/mol. The highest BCUT2D eigenvalue weighted by molar-refractivity contribution is 5.78. The molecule has 1 aliphatic carbocycles. The summed E-state index contributed by atoms with van der Waals surface area (Å²) < 4.78 is 3.75. The van der Waals surface area contributed by atoms with Gasteiger partial charge in [-0.15, -0.1) is 0 Å². The lowest BCUT2D eigenvalue weighted by Gasteiger charge is -2.27. The van der Waals surface area contributed by atoms with Crippen molar-refractivity contribution >= 4 is 16.6 Å². The topological polar surface area (TPSA) is 26.9 Å². The van der Waals surface area contributed by atoms with Crippen molar-refractivity contribution in [2.75, 3.05) is 0 Å². The summed E-state index contributed by atoms with van der Waals surface area (Å²) in [6.07, 6.45) is 6.57. The van der Waals surface area contributed by atoms with Gasteiger partial charge in [-0.3, -0.25) is 9.13 Å². The van der Waals surface area contributed by atoms with Gasteiger partial charge in [0.15, 0.2) is 0 Å². The highest BCUT2D eigenvalue weighted by atomic mass is 16.1. The zero-order valence-electron chi connectivity index (χ0n) is 17.0. The second-order valence-electron chi connectivity index (χ2n) is 7.88. The van der Waals surface area contributed by atoms with Gasteiger partial charge in [-0.1, -0.05) is 85.8 Å². The monoisotopic (exact) mass is 392 g/mol. The molecule has 3 heteroatoms. The molecule has 5 rings (SSSR count). The third kappa shape index (κ3) is 3.13. The van der Waals surface area contributed by atoms with E-state index in [1.54, 1.807) is 0 Å². The molecule has 148 valence electrons. The molecule has 3 aromatic carbocycles. The van der Waals surface area contributed by atoms with E-state index in [4.69, 9.17) is 0 Å². The van der Waals surface area contributed by atoms with Crippen LogP contribution in [0.4, 0.5) is 0 Å². The van der Waals surface area contributed by atoms with Crippen LogP contribution in [-0.4, -0.2) is 9.13 Å². The van der Waals surface area contributed by atoms with Crippen molar-refractivity contribution in [1.29, 1.82) is 0 Å². The van der Waals surface area contributed by atoms with Gasteiger partial charge < -0.3 is 0 Å². The normalized spacial score (nSPS) is 18.5. The van der Waals surface area contributed by atoms with Gasteiger partial charge in [-0.05, 0) is 41.3 Å². The van der Waals surface area contributed by atoms with Crippen molar-refractivity contribution in [3.8, 4) is 5.69 Å². The van der Waals surface area contributed by atoms with Gasteiger partial charge in [0.05, 0.1) is 16.7 Å². The van der Waals surface area contributed by atoms with Gasteiger partial charge in [0.25, 0.3) is 0 Å². The first-order chi connectivity index (χ1) is 14.7. The first kappa shape index (κ1) is 18.4. The summed E-state index contributed by atoms with van der Waals surface area (Å²) in [6.45, 7) is 2.91. The minimum atomic E-state index is 0.0128. The molecule has 4 aromatic rings. The molecule has 0 fully saturated rings. The molecule has 0 bridgehead atoms. The van der Waals surface area contributed by atoms with Crippen LogP contribution in [0, 0.1) is 11.8 Å². The average molecular weight is 393 g/mol. The maximum Gasteiger partial charge on any atom is 0.333 e. The Balaban J connectivity index is 1.56. The quantitative estimate of drug-likeness (QED) is 0.438. The SMILES string of the molecule is CC1C(c2ccccc2)=CC=CC1Cn1c(=O)n(-c2ccccc2)c2ccccc21. The Labute approximate surface area is 176 Å². The van der Waals surface area contributed by atoms with E-state index >= 15 is 0 Å². The lowest BCUT2D eigenvalue weighted by Crippen LogP contribution is -2.28. The van der Waals surface area contributed by atoms with Crippen molar-refractivity contribution in [2.24, 2.45) is 11.8 Å². The average Bonchev–Trinajstić information content (AvgIpc) is 3.07. The maximum atomic E-state index is 13.5. The molecule has 3 nitrogen and oxygen atoms in total. The molecule has 0 saturated heterocycles. The van der Waals surface area contributed by atoms with E-state index in [1.807, 2.05) is 69.8 Å². The molecule has 0 N–H and O–H groups in total. The molecule has 1 aromatic heterocycles. The van der Waals surface area contributed by atoms with Gasteiger partial charge in [0, 0.05) is 12.5 Å². The Morgan fingerprint density at radius 2 is 1.43 bits per heavy atom. The van der Waals surface area contributed by atoms with Gasteiger partial charge in [0.1, 0.15) is 0 Å². The number of imidazole rings is 1. The Kier molecular flexibility index (Phi) is 4.72. The molecule has 0 aliphatic heterocycles. The first-order valence-corrected chi connectivity index (χ1v) is 10.4. The number of rotatable bonds is 4. The first-order valence-electron chi connectivity index (χ1n) is 10.4. The summed E-state index contributed by atoms with van der Waals surface area (Å²) in [7, 11) is 0. The lowest BCUT2D eigenvalue weighted by molar-refractivity contribution is 0.443. The van der Waals surface area contributed by atoms with Gasteiger partial charge in [-0.25, -0.2) is 4.79 Å². The smallest absolute Gasteiger partial charge is 0.291 e. The minimum Gasteiger partial charge on any atom is -0.291 e. The lowest BCUT2D eigenvalue weighted by atomic mass is 9.80. The minimum absolute atomic E-state index is 0.0128. The van der Waals surface area contributed by atoms with E-state index < -0.39 is 0 Å². The number of aromatic nitrogens is 2. The van der Waals surface area contributed by atoms with Crippen LogP contribution >= 0.6 is 0 Å². The predicted octanol–water partition coefficient (Wildman–Crippen LogP) is 5.70. The van der Waals surface area contributed by atoms with Crippen molar-refractivity contribution in [3.05, 3.63) is 119 Å². The number of hydrogen-bond donors (Lipinski definition) is 0. The van der Waals surface area contributed by atoms with Crippen LogP contribution in [0.5, 0.6) is 0 Å².